The monoisotopic (exact) mass is 1310 g/mol. The van der Waals surface area contributed by atoms with E-state index in [0.717, 1.165) is 84.5 Å². The molecule has 0 fully saturated rings. The van der Waals surface area contributed by atoms with Gasteiger partial charge in [-0.2, -0.15) is 0 Å². The van der Waals surface area contributed by atoms with E-state index < -0.39 is 0 Å². The molecule has 0 saturated carbocycles. The number of nitrogens with zero attached hydrogens (tertiary/aromatic N) is 4. The molecule has 2 aliphatic heterocycles. The number of hydrogen-bond donors (Lipinski definition) is 3. The van der Waals surface area contributed by atoms with E-state index in [1.807, 2.05) is 38.1 Å². The first-order valence-electron chi connectivity index (χ1n) is 31.8. The summed E-state index contributed by atoms with van der Waals surface area (Å²) < 4.78 is 50.4. The summed E-state index contributed by atoms with van der Waals surface area (Å²) in [4.78, 5) is 35.1. The maximum absolute atomic E-state index is 13.6. The number of phenols is 2. The number of imidazole rings is 1. The van der Waals surface area contributed by atoms with Gasteiger partial charge in [0.05, 0.1) is 96.4 Å². The van der Waals surface area contributed by atoms with Crippen molar-refractivity contribution in [2.45, 2.75) is 93.9 Å². The van der Waals surface area contributed by atoms with Crippen molar-refractivity contribution in [3.8, 4) is 17.2 Å². The molecular weight excluding hydrogens is 1210 g/mol. The van der Waals surface area contributed by atoms with Crippen LogP contribution in [0.15, 0.2) is 103 Å². The lowest BCUT2D eigenvalue weighted by Crippen LogP contribution is -2.33. The molecule has 18 nitrogen and oxygen atoms in total. The van der Waals surface area contributed by atoms with E-state index >= 15 is 0 Å². The minimum Gasteiger partial charge on any atom is -0.507 e. The minimum absolute atomic E-state index is 0.201. The van der Waals surface area contributed by atoms with Crippen LogP contribution < -0.4 is 30.3 Å². The van der Waals surface area contributed by atoms with Gasteiger partial charge >= 0.3 is 0 Å². The normalized spacial score (nSPS) is 12.6. The number of methoxy groups -OCH3 is 1. The number of nitrogens with one attached hydrogen (secondary N) is 1. The number of carbonyl (C=O) groups excluding carboxylic acids is 2. The average Bonchev–Trinajstić information content (AvgIpc) is 1.54. The second-order valence-electron chi connectivity index (χ2n) is 21.4. The van der Waals surface area contributed by atoms with Crippen LogP contribution in [-0.4, -0.2) is 171 Å². The zero-order valence-corrected chi connectivity index (χ0v) is 57.9. The molecule has 3 aliphatic rings. The van der Waals surface area contributed by atoms with Crippen molar-refractivity contribution in [1.29, 1.82) is 0 Å². The predicted molar refractivity (Wildman–Crippen MR) is 374 cm³/mol. The number of aryl methyl sites for hydroxylation is 1. The van der Waals surface area contributed by atoms with E-state index in [2.05, 4.69) is 105 Å². The number of alkyl halides is 2. The molecule has 0 atom stereocenters. The minimum atomic E-state index is -0.276. The number of hydrogen-bond acceptors (Lipinski definition) is 15. The van der Waals surface area contributed by atoms with E-state index in [0.29, 0.717) is 127 Å². The number of carbonyl (C=O) groups is 2. The van der Waals surface area contributed by atoms with E-state index in [-0.39, 0.29) is 23.3 Å². The molecule has 0 bridgehead atoms. The van der Waals surface area contributed by atoms with Crippen molar-refractivity contribution in [2.75, 3.05) is 154 Å². The highest BCUT2D eigenvalue weighted by Crippen LogP contribution is 2.40. The number of benzene rings is 4. The standard InChI is InChI=1S/C37H42N4O7.C17H32O5.C14H15NO.C2H6.2CH3Cl/c1-3-15-45-16-17-46-18-19-47-20-21-48-28-10-7-26(8-11-28)36(43)38-27-9-12-34-39-31(24-40(34)23-27)37(44)41-14-13-29-32(41)22-33(42)30-6-4-5-25(2)35(29)30;1-5-17(7-6-16(2)3)22-15-14-21-13-12-20-11-10-19-9-8-18-4;1-9-4-3-5-11-13(16)8-12-10(14(9)11)6-7-15(12)2;3*1-2/h6-12,22-24,42H,3-5,13-21H2,1-2H3,(H,38,43);6-7H,5,8-15H2,1-4H3;3-5,8,16H,6-7H2,1-2H3;1-2H3;2*1H3/b;17-7+;;;;. The van der Waals surface area contributed by atoms with Crippen LogP contribution >= 0.6 is 23.2 Å². The smallest absolute Gasteiger partial charge is 0.278 e. The zero-order chi connectivity index (χ0) is 67.2. The van der Waals surface area contributed by atoms with E-state index in [9.17, 15) is 19.8 Å². The Morgan fingerprint density at radius 3 is 1.89 bits per heavy atom. The lowest BCUT2D eigenvalue weighted by Gasteiger charge is -2.18. The molecule has 2 aromatic heterocycles. The Hall–Kier alpha value is -6.71. The fourth-order valence-electron chi connectivity index (χ4n) is 10.3. The fraction of sp³-hybridized carbons (Fsp3) is 0.486. The molecule has 4 aromatic carbocycles. The summed E-state index contributed by atoms with van der Waals surface area (Å²) in [6.45, 7) is 26.4. The number of rotatable bonds is 30. The molecule has 1 aliphatic carbocycles. The molecule has 0 unspecified atom stereocenters. The Kier molecular flexibility index (Phi) is 37.2. The number of pyridine rings is 1. The summed E-state index contributed by atoms with van der Waals surface area (Å²) in [5, 5.41) is 27.9. The van der Waals surface area contributed by atoms with Crippen molar-refractivity contribution in [3.63, 3.8) is 0 Å². The van der Waals surface area contributed by atoms with E-state index in [4.69, 9.17) is 42.6 Å². The highest BCUT2D eigenvalue weighted by Gasteiger charge is 2.30. The first-order chi connectivity index (χ1) is 44.8. The quantitative estimate of drug-likeness (QED) is 0.0167. The highest BCUT2D eigenvalue weighted by molar-refractivity contribution is 6.15. The number of aromatic nitrogens is 2. The van der Waals surface area contributed by atoms with Crippen LogP contribution in [0.4, 0.5) is 17.1 Å². The third-order valence-electron chi connectivity index (χ3n) is 14.7. The van der Waals surface area contributed by atoms with Crippen molar-refractivity contribution in [3.05, 3.63) is 141 Å². The van der Waals surface area contributed by atoms with Crippen LogP contribution in [0, 0.1) is 6.92 Å². The molecule has 0 radical (unpaired) electrons. The van der Waals surface area contributed by atoms with Gasteiger partial charge in [-0.25, -0.2) is 4.98 Å². The maximum Gasteiger partial charge on any atom is 0.278 e. The zero-order valence-electron chi connectivity index (χ0n) is 56.4. The molecule has 506 valence electrons. The second kappa shape index (κ2) is 44.0. The Bertz CT molecular complexity index is 3370. The summed E-state index contributed by atoms with van der Waals surface area (Å²) in [5.41, 5.74) is 10.1. The number of allylic oxidation sites excluding steroid dienone is 4. The molecule has 2 amide bonds. The predicted octanol–water partition coefficient (Wildman–Crippen LogP) is 12.6. The Balaban J connectivity index is 0.000000337. The summed E-state index contributed by atoms with van der Waals surface area (Å²) >= 11 is 9.28. The largest absolute Gasteiger partial charge is 0.507 e. The molecule has 9 rings (SSSR count). The van der Waals surface area contributed by atoms with Gasteiger partial charge in [-0.1, -0.05) is 69.2 Å². The third kappa shape index (κ3) is 24.3. The van der Waals surface area contributed by atoms with Crippen molar-refractivity contribution >= 4 is 80.1 Å². The first kappa shape index (κ1) is 77.7. The van der Waals surface area contributed by atoms with Crippen molar-refractivity contribution in [1.82, 2.24) is 9.38 Å². The van der Waals surface area contributed by atoms with Crippen LogP contribution in [0.5, 0.6) is 17.2 Å². The van der Waals surface area contributed by atoms with Gasteiger partial charge in [-0.15, -0.1) is 23.2 Å². The topological polar surface area (TPSA) is 193 Å². The molecule has 20 heteroatoms. The van der Waals surface area contributed by atoms with Crippen LogP contribution in [-0.2, 0) is 50.7 Å². The number of fused-ring (bicyclic) bond motifs is 7. The Morgan fingerprint density at radius 1 is 0.674 bits per heavy atom. The van der Waals surface area contributed by atoms with Crippen LogP contribution in [0.3, 0.4) is 0 Å². The summed E-state index contributed by atoms with van der Waals surface area (Å²) in [6.07, 6.45) is 18.0. The van der Waals surface area contributed by atoms with Gasteiger partial charge in [-0.05, 0) is 130 Å². The van der Waals surface area contributed by atoms with Gasteiger partial charge in [0.25, 0.3) is 11.8 Å². The van der Waals surface area contributed by atoms with Gasteiger partial charge < -0.3 is 72.4 Å². The number of halogens is 2. The fourth-order valence-corrected chi connectivity index (χ4v) is 10.3. The number of likely N-dealkylation sites (N-methyl/N-ethyl adjacent to an activating group) is 1. The van der Waals surface area contributed by atoms with Gasteiger partial charge in [0, 0.05) is 99.4 Å². The number of phenolic OH excluding ortho intramolecular Hbond substituents is 2. The van der Waals surface area contributed by atoms with Gasteiger partial charge in [0.2, 0.25) is 0 Å². The molecule has 0 saturated heterocycles. The van der Waals surface area contributed by atoms with Gasteiger partial charge in [-0.3, -0.25) is 9.59 Å². The Morgan fingerprint density at radius 2 is 1.27 bits per heavy atom. The van der Waals surface area contributed by atoms with Gasteiger partial charge in [0.15, 0.2) is 0 Å². The second-order valence-corrected chi connectivity index (χ2v) is 21.4. The molecule has 3 N–H and O–H groups in total. The van der Waals surface area contributed by atoms with Crippen molar-refractivity contribution < 1.29 is 62.4 Å². The summed E-state index contributed by atoms with van der Waals surface area (Å²) in [6, 6.07) is 20.1. The van der Waals surface area contributed by atoms with Crippen LogP contribution in [0.1, 0.15) is 112 Å². The molecule has 4 heterocycles. The van der Waals surface area contributed by atoms with Crippen LogP contribution in [0.2, 0.25) is 0 Å². The summed E-state index contributed by atoms with van der Waals surface area (Å²) in [7, 11) is 3.73. The molecule has 6 aromatic rings. The Labute approximate surface area is 555 Å². The third-order valence-corrected chi connectivity index (χ3v) is 14.7. The maximum atomic E-state index is 13.6. The number of amides is 2. The van der Waals surface area contributed by atoms with E-state index in [1.54, 1.807) is 71.3 Å². The lowest BCUT2D eigenvalue weighted by molar-refractivity contribution is -0.00320. The van der Waals surface area contributed by atoms with Crippen molar-refractivity contribution in [2.24, 2.45) is 0 Å². The summed E-state index contributed by atoms with van der Waals surface area (Å²) in [5.74, 6) is 1.71. The molecular formula is C72H101Cl2N5O13. The van der Waals surface area contributed by atoms with Crippen LogP contribution in [0.25, 0.3) is 28.1 Å². The highest BCUT2D eigenvalue weighted by atomic mass is 35.5. The first-order valence-corrected chi connectivity index (χ1v) is 33.4. The SMILES string of the molecule is CC.CC/C(=C\C=C(C)C)OCCOCCOCCOCCOC.CCCOCCOCCOCCOc1ccc(C(=O)Nc2ccc3nc(C(=O)N4CCc5c4cc(O)c4c5=C(C)CCC=4)cn3c2)cc1.CCl.CCl.Cc1cccc2c(O)cc3c(c12)CCN3C. The average molecular weight is 1320 g/mol. The number of anilines is 3. The van der Waals surface area contributed by atoms with E-state index in [1.165, 1.54) is 46.1 Å². The molecule has 0 spiro atoms. The number of aromatic hydroxyl groups is 2. The number of ether oxygens (including phenoxy) is 9. The lowest BCUT2D eigenvalue weighted by atomic mass is 9.95. The molecule has 92 heavy (non-hydrogen) atoms. The van der Waals surface area contributed by atoms with Gasteiger partial charge in [0.1, 0.15) is 41.8 Å².